The third-order valence-corrected chi connectivity index (χ3v) is 2.85. The lowest BCUT2D eigenvalue weighted by atomic mass is 10.1. The fourth-order valence-corrected chi connectivity index (χ4v) is 1.94. The molecule has 2 heterocycles. The van der Waals surface area contributed by atoms with E-state index >= 15 is 0 Å². The molecule has 0 radical (unpaired) electrons. The Labute approximate surface area is 108 Å². The number of benzene rings is 1. The summed E-state index contributed by atoms with van der Waals surface area (Å²) in [6.07, 6.45) is 4.24. The predicted molar refractivity (Wildman–Crippen MR) is 70.4 cm³/mol. The molecule has 5 heteroatoms. The molecule has 3 aromatic rings. The molecule has 19 heavy (non-hydrogen) atoms. The maximum absolute atomic E-state index is 13.4. The number of pyridine rings is 1. The standard InChI is InChI=1S/C14H10FN3O/c15-11-8-16-6-5-12(11)18-14(19)10-3-1-2-9-4-7-17-13(9)10/h1-8,17H,(H,16,18,19). The second-order valence-electron chi connectivity index (χ2n) is 4.06. The summed E-state index contributed by atoms with van der Waals surface area (Å²) in [4.78, 5) is 18.8. The van der Waals surface area contributed by atoms with Crippen molar-refractivity contribution >= 4 is 22.5 Å². The van der Waals surface area contributed by atoms with Crippen LogP contribution < -0.4 is 5.32 Å². The van der Waals surface area contributed by atoms with Crippen molar-refractivity contribution in [2.75, 3.05) is 5.32 Å². The van der Waals surface area contributed by atoms with Crippen LogP contribution in [0, 0.1) is 5.82 Å². The lowest BCUT2D eigenvalue weighted by Crippen LogP contribution is -2.13. The first-order valence-corrected chi connectivity index (χ1v) is 5.72. The molecule has 2 N–H and O–H groups in total. The first kappa shape index (κ1) is 11.4. The van der Waals surface area contributed by atoms with E-state index in [1.54, 1.807) is 18.3 Å². The fraction of sp³-hybridized carbons (Fsp3) is 0. The summed E-state index contributed by atoms with van der Waals surface area (Å²) in [7, 11) is 0. The van der Waals surface area contributed by atoms with Gasteiger partial charge in [-0.1, -0.05) is 12.1 Å². The molecule has 94 valence electrons. The summed E-state index contributed by atoms with van der Waals surface area (Å²) in [6, 6.07) is 8.66. The number of carbonyl (C=O) groups excluding carboxylic acids is 1. The maximum atomic E-state index is 13.4. The maximum Gasteiger partial charge on any atom is 0.257 e. The van der Waals surface area contributed by atoms with Gasteiger partial charge in [-0.15, -0.1) is 0 Å². The largest absolute Gasteiger partial charge is 0.361 e. The molecule has 0 aliphatic heterocycles. The van der Waals surface area contributed by atoms with Crippen molar-refractivity contribution in [3.05, 3.63) is 60.3 Å². The van der Waals surface area contributed by atoms with Crippen LogP contribution in [0.4, 0.5) is 10.1 Å². The fourth-order valence-electron chi connectivity index (χ4n) is 1.94. The third kappa shape index (κ3) is 2.06. The molecular weight excluding hydrogens is 245 g/mol. The van der Waals surface area contributed by atoms with Crippen LogP contribution in [0.2, 0.25) is 0 Å². The van der Waals surface area contributed by atoms with Crippen LogP contribution in [0.3, 0.4) is 0 Å². The van der Waals surface area contributed by atoms with E-state index in [1.807, 2.05) is 12.1 Å². The van der Waals surface area contributed by atoms with E-state index < -0.39 is 5.82 Å². The van der Waals surface area contributed by atoms with Crippen LogP contribution >= 0.6 is 0 Å². The van der Waals surface area contributed by atoms with Gasteiger partial charge in [0, 0.05) is 17.8 Å². The van der Waals surface area contributed by atoms with Crippen LogP contribution in [0.5, 0.6) is 0 Å². The highest BCUT2D eigenvalue weighted by atomic mass is 19.1. The molecule has 0 aliphatic rings. The van der Waals surface area contributed by atoms with Crippen molar-refractivity contribution in [3.63, 3.8) is 0 Å². The SMILES string of the molecule is O=C(Nc1ccncc1F)c1cccc2cc[nH]c12. The number of amides is 1. The molecule has 0 unspecified atom stereocenters. The predicted octanol–water partition coefficient (Wildman–Crippen LogP) is 2.95. The van der Waals surface area contributed by atoms with E-state index in [0.29, 0.717) is 5.56 Å². The van der Waals surface area contributed by atoms with Crippen molar-refractivity contribution in [3.8, 4) is 0 Å². The van der Waals surface area contributed by atoms with Gasteiger partial charge in [-0.3, -0.25) is 9.78 Å². The summed E-state index contributed by atoms with van der Waals surface area (Å²) in [6.45, 7) is 0. The smallest absolute Gasteiger partial charge is 0.257 e. The zero-order chi connectivity index (χ0) is 13.2. The number of fused-ring (bicyclic) bond motifs is 1. The molecule has 0 atom stereocenters. The van der Waals surface area contributed by atoms with E-state index in [2.05, 4.69) is 15.3 Å². The van der Waals surface area contributed by atoms with Gasteiger partial charge in [0.15, 0.2) is 5.82 Å². The van der Waals surface area contributed by atoms with Crippen LogP contribution in [0.15, 0.2) is 48.9 Å². The molecule has 3 rings (SSSR count). The number of rotatable bonds is 2. The van der Waals surface area contributed by atoms with Gasteiger partial charge in [-0.25, -0.2) is 4.39 Å². The number of carbonyl (C=O) groups is 1. The molecule has 0 spiro atoms. The minimum absolute atomic E-state index is 0.114. The number of hydrogen-bond acceptors (Lipinski definition) is 2. The summed E-state index contributed by atoms with van der Waals surface area (Å²) in [5.41, 5.74) is 1.32. The van der Waals surface area contributed by atoms with Gasteiger partial charge >= 0.3 is 0 Å². The minimum atomic E-state index is -0.561. The highest BCUT2D eigenvalue weighted by molar-refractivity contribution is 6.11. The minimum Gasteiger partial charge on any atom is -0.361 e. The van der Waals surface area contributed by atoms with Crippen molar-refractivity contribution < 1.29 is 9.18 Å². The zero-order valence-electron chi connectivity index (χ0n) is 9.85. The second-order valence-corrected chi connectivity index (χ2v) is 4.06. The van der Waals surface area contributed by atoms with Gasteiger partial charge in [-0.2, -0.15) is 0 Å². The van der Waals surface area contributed by atoms with E-state index in [9.17, 15) is 9.18 Å². The van der Waals surface area contributed by atoms with Crippen molar-refractivity contribution in [2.24, 2.45) is 0 Å². The molecule has 0 saturated heterocycles. The number of aromatic nitrogens is 2. The summed E-state index contributed by atoms with van der Waals surface area (Å²) in [5.74, 6) is -0.923. The van der Waals surface area contributed by atoms with Gasteiger partial charge in [0.2, 0.25) is 0 Å². The lowest BCUT2D eigenvalue weighted by Gasteiger charge is -2.06. The number of hydrogen-bond donors (Lipinski definition) is 2. The molecule has 1 amide bonds. The molecule has 4 nitrogen and oxygen atoms in total. The molecule has 2 aromatic heterocycles. The van der Waals surface area contributed by atoms with Crippen LogP contribution in [0.1, 0.15) is 10.4 Å². The number of nitrogens with one attached hydrogen (secondary N) is 2. The van der Waals surface area contributed by atoms with Crippen molar-refractivity contribution in [2.45, 2.75) is 0 Å². The molecule has 1 aromatic carbocycles. The highest BCUT2D eigenvalue weighted by Crippen LogP contribution is 2.19. The first-order chi connectivity index (χ1) is 9.25. The molecule has 0 aliphatic carbocycles. The third-order valence-electron chi connectivity index (χ3n) is 2.85. The lowest BCUT2D eigenvalue weighted by molar-refractivity contribution is 0.102. The summed E-state index contributed by atoms with van der Waals surface area (Å²) in [5, 5.41) is 3.47. The van der Waals surface area contributed by atoms with Gasteiger partial charge in [-0.05, 0) is 18.2 Å². The Morgan fingerprint density at radius 1 is 1.26 bits per heavy atom. The van der Waals surface area contributed by atoms with Crippen LogP contribution in [0.25, 0.3) is 10.9 Å². The van der Waals surface area contributed by atoms with Gasteiger partial charge in [0.05, 0.1) is 23.0 Å². The van der Waals surface area contributed by atoms with E-state index in [1.165, 1.54) is 12.3 Å². The van der Waals surface area contributed by atoms with Crippen molar-refractivity contribution in [1.82, 2.24) is 9.97 Å². The summed E-state index contributed by atoms with van der Waals surface area (Å²) >= 11 is 0. The Bertz CT molecular complexity index is 751. The molecular formula is C14H10FN3O. The van der Waals surface area contributed by atoms with Crippen LogP contribution in [-0.2, 0) is 0 Å². The Morgan fingerprint density at radius 3 is 3.00 bits per heavy atom. The Kier molecular flexibility index (Phi) is 2.72. The Hall–Kier alpha value is -2.69. The normalized spacial score (nSPS) is 10.6. The number of halogens is 1. The quantitative estimate of drug-likeness (QED) is 0.739. The van der Waals surface area contributed by atoms with Gasteiger partial charge in [0.25, 0.3) is 5.91 Å². The Balaban J connectivity index is 1.97. The summed E-state index contributed by atoms with van der Waals surface area (Å²) < 4.78 is 13.4. The van der Waals surface area contributed by atoms with E-state index in [-0.39, 0.29) is 11.6 Å². The highest BCUT2D eigenvalue weighted by Gasteiger charge is 2.12. The Morgan fingerprint density at radius 2 is 2.16 bits per heavy atom. The van der Waals surface area contributed by atoms with E-state index in [4.69, 9.17) is 0 Å². The first-order valence-electron chi connectivity index (χ1n) is 5.72. The average Bonchev–Trinajstić information content (AvgIpc) is 2.89. The monoisotopic (exact) mass is 255 g/mol. The van der Waals surface area contributed by atoms with Crippen molar-refractivity contribution in [1.29, 1.82) is 0 Å². The number of anilines is 1. The van der Waals surface area contributed by atoms with Crippen LogP contribution in [-0.4, -0.2) is 15.9 Å². The molecule has 0 bridgehead atoms. The molecule has 0 saturated carbocycles. The topological polar surface area (TPSA) is 57.8 Å². The zero-order valence-corrected chi connectivity index (χ0v) is 9.85. The number of H-pyrrole nitrogens is 1. The molecule has 0 fully saturated rings. The van der Waals surface area contributed by atoms with Gasteiger partial charge < -0.3 is 10.3 Å². The number of para-hydroxylation sites is 1. The number of nitrogens with zero attached hydrogens (tertiary/aromatic N) is 1. The van der Waals surface area contributed by atoms with Gasteiger partial charge in [0.1, 0.15) is 0 Å². The number of aromatic amines is 1. The van der Waals surface area contributed by atoms with E-state index in [0.717, 1.165) is 17.1 Å². The average molecular weight is 255 g/mol. The second kappa shape index (κ2) is 4.53.